The third kappa shape index (κ3) is 6.16. The second-order valence-corrected chi connectivity index (χ2v) is 16.2. The van der Waals surface area contributed by atoms with Gasteiger partial charge in [-0.1, -0.05) is 17.7 Å². The van der Waals surface area contributed by atoms with Crippen molar-refractivity contribution in [2.24, 2.45) is 18.7 Å². The molecule has 1 amide bonds. The van der Waals surface area contributed by atoms with Crippen molar-refractivity contribution in [1.29, 1.82) is 0 Å². The van der Waals surface area contributed by atoms with Crippen LogP contribution in [0.25, 0.3) is 27.5 Å². The van der Waals surface area contributed by atoms with E-state index in [-0.39, 0.29) is 56.1 Å². The van der Waals surface area contributed by atoms with Gasteiger partial charge in [-0.05, 0) is 60.7 Å². The van der Waals surface area contributed by atoms with Crippen molar-refractivity contribution in [2.45, 2.75) is 43.1 Å². The van der Waals surface area contributed by atoms with Crippen molar-refractivity contribution in [3.8, 4) is 11.4 Å². The van der Waals surface area contributed by atoms with Crippen LogP contribution in [0, 0.1) is 17.6 Å². The summed E-state index contributed by atoms with van der Waals surface area (Å²) in [6.45, 7) is 0. The number of methoxy groups -OCH3 is 1. The Balaban J connectivity index is 1.50. The number of nitrogens with zero attached hydrogens (tertiary/aromatic N) is 6. The fraction of sp³-hybridized carbons (Fsp3) is 0.306. The number of primary amides is 1. The Hall–Kier alpha value is -5.63. The fourth-order valence-electron chi connectivity index (χ4n) is 8.09. The first kappa shape index (κ1) is 38.3. The molecule has 0 bridgehead atoms. The van der Waals surface area contributed by atoms with Crippen LogP contribution in [0.5, 0.6) is 5.75 Å². The van der Waals surface area contributed by atoms with Gasteiger partial charge in [0.1, 0.15) is 46.0 Å². The SMILES string of the molecule is COc1cccc2nc([C@@H](Cc3cc(F)cc(F)c3)C(C(N)=O)n3nc(C(F)F)c4c3C(F)(F)[C@@H]3C[C@H]43)n(-c3ccc(Cl)c4c(NS(C)(=O)=O)nn(C)c34)c(=O)c12. The summed E-state index contributed by atoms with van der Waals surface area (Å²) in [7, 11) is -1.26. The summed E-state index contributed by atoms with van der Waals surface area (Å²) in [6.07, 6.45) is -3.22. The lowest BCUT2D eigenvalue weighted by atomic mass is 9.89. The minimum absolute atomic E-state index is 0.000562. The maximum absolute atomic E-state index is 16.1. The number of amides is 1. The van der Waals surface area contributed by atoms with Gasteiger partial charge in [0, 0.05) is 24.6 Å². The smallest absolute Gasteiger partial charge is 0.293 e. The topological polar surface area (TPSA) is 169 Å². The number of sulfonamides is 1. The average Bonchev–Trinajstić information content (AvgIpc) is 3.64. The summed E-state index contributed by atoms with van der Waals surface area (Å²) in [5.74, 6) is -11.9. The van der Waals surface area contributed by atoms with Crippen molar-refractivity contribution >= 4 is 55.2 Å². The van der Waals surface area contributed by atoms with Crippen LogP contribution in [0.15, 0.2) is 53.3 Å². The first-order valence-corrected chi connectivity index (χ1v) is 19.3. The molecule has 21 heteroatoms. The Morgan fingerprint density at radius 3 is 2.44 bits per heavy atom. The Morgan fingerprint density at radius 2 is 1.81 bits per heavy atom. The number of carbonyl (C=O) groups is 1. The predicted molar refractivity (Wildman–Crippen MR) is 195 cm³/mol. The molecule has 3 aromatic heterocycles. The number of rotatable bonds is 11. The van der Waals surface area contributed by atoms with E-state index in [9.17, 15) is 30.8 Å². The molecule has 3 aromatic carbocycles. The molecular formula is C36H29ClF6N8O5S. The number of anilines is 1. The van der Waals surface area contributed by atoms with E-state index in [1.54, 1.807) is 0 Å². The number of carbonyl (C=O) groups excluding carboxylic acids is 1. The van der Waals surface area contributed by atoms with E-state index >= 15 is 13.6 Å². The number of ether oxygens (including phenoxy) is 1. The summed E-state index contributed by atoms with van der Waals surface area (Å²) in [5.41, 5.74) is 2.45. The number of aryl methyl sites for hydroxylation is 1. The minimum Gasteiger partial charge on any atom is -0.496 e. The second-order valence-electron chi connectivity index (χ2n) is 14.0. The molecule has 1 saturated carbocycles. The van der Waals surface area contributed by atoms with Crippen molar-refractivity contribution < 1.29 is 44.3 Å². The number of halogens is 7. The van der Waals surface area contributed by atoms with Crippen LogP contribution >= 0.6 is 11.6 Å². The number of fused-ring (bicyclic) bond motifs is 5. The van der Waals surface area contributed by atoms with Crippen LogP contribution in [0.3, 0.4) is 0 Å². The van der Waals surface area contributed by atoms with Gasteiger partial charge < -0.3 is 10.5 Å². The summed E-state index contributed by atoms with van der Waals surface area (Å²) in [4.78, 5) is 33.6. The number of benzene rings is 3. The Morgan fingerprint density at radius 1 is 1.11 bits per heavy atom. The van der Waals surface area contributed by atoms with Gasteiger partial charge >= 0.3 is 0 Å². The van der Waals surface area contributed by atoms with Gasteiger partial charge in [0.05, 0.1) is 46.4 Å². The molecule has 1 fully saturated rings. The third-order valence-corrected chi connectivity index (χ3v) is 11.2. The highest BCUT2D eigenvalue weighted by Crippen LogP contribution is 2.68. The summed E-state index contributed by atoms with van der Waals surface area (Å²) in [6, 6.07) is 7.21. The lowest BCUT2D eigenvalue weighted by molar-refractivity contribution is -0.122. The van der Waals surface area contributed by atoms with Gasteiger partial charge in [0.2, 0.25) is 15.9 Å². The third-order valence-electron chi connectivity index (χ3n) is 10.3. The standard InChI is InChI=1S/C36H29ClF6N8O5S/c1-49-29-22(8-7-20(37)25(29)33(47-49)48-57(3,54)55)50-34(45-21-5-4-6-23(56-2)26(21)35(50)53)18(11-14-9-15(38)12-16(39)10-14)28(32(44)52)51-30-24(27(46-51)31(40)41)17-13-19(17)36(30,42)43/h4-10,12,17-19,28,31H,11,13H2,1-3H3,(H2,44,52)(H,47,48)/t17-,18-,19+,28?/m0/s1. The zero-order valence-electron chi connectivity index (χ0n) is 29.8. The number of hydrogen-bond acceptors (Lipinski definition) is 8. The van der Waals surface area contributed by atoms with Crippen LogP contribution in [0.2, 0.25) is 5.02 Å². The molecule has 1 unspecified atom stereocenters. The van der Waals surface area contributed by atoms with E-state index in [1.165, 1.54) is 49.2 Å². The highest BCUT2D eigenvalue weighted by Gasteiger charge is 2.67. The average molecular weight is 835 g/mol. The Labute approximate surface area is 323 Å². The number of aromatic nitrogens is 6. The molecule has 0 aliphatic heterocycles. The minimum atomic E-state index is -3.95. The van der Waals surface area contributed by atoms with E-state index < -0.39 is 98.5 Å². The molecule has 298 valence electrons. The second kappa shape index (κ2) is 13.2. The predicted octanol–water partition coefficient (Wildman–Crippen LogP) is 5.98. The highest BCUT2D eigenvalue weighted by atomic mass is 35.5. The van der Waals surface area contributed by atoms with Crippen LogP contribution < -0.4 is 20.8 Å². The van der Waals surface area contributed by atoms with Gasteiger partial charge in [0.25, 0.3) is 17.9 Å². The van der Waals surface area contributed by atoms with Crippen molar-refractivity contribution in [1.82, 2.24) is 29.1 Å². The molecule has 3 N–H and O–H groups in total. The molecule has 13 nitrogen and oxygen atoms in total. The number of nitrogens with one attached hydrogen (secondary N) is 1. The number of alkyl halides is 4. The van der Waals surface area contributed by atoms with Crippen molar-refractivity contribution in [3.05, 3.63) is 104 Å². The summed E-state index contributed by atoms with van der Waals surface area (Å²) in [5, 5.41) is 8.00. The maximum atomic E-state index is 16.1. The van der Waals surface area contributed by atoms with Gasteiger partial charge in [0.15, 0.2) is 5.82 Å². The van der Waals surface area contributed by atoms with Gasteiger partial charge in [-0.25, -0.2) is 35.6 Å². The fourth-order valence-corrected chi connectivity index (χ4v) is 8.82. The van der Waals surface area contributed by atoms with Gasteiger partial charge in [-0.2, -0.15) is 19.0 Å². The molecule has 0 spiro atoms. The lowest BCUT2D eigenvalue weighted by Gasteiger charge is -2.30. The zero-order valence-corrected chi connectivity index (χ0v) is 31.3. The normalized spacial score (nSPS) is 18.2. The van der Waals surface area contributed by atoms with Crippen molar-refractivity contribution in [2.75, 3.05) is 18.1 Å². The summed E-state index contributed by atoms with van der Waals surface area (Å²) < 4.78 is 126. The molecule has 4 atom stereocenters. The summed E-state index contributed by atoms with van der Waals surface area (Å²) >= 11 is 6.59. The largest absolute Gasteiger partial charge is 0.496 e. The zero-order chi connectivity index (χ0) is 41.0. The molecule has 2 aliphatic rings. The van der Waals surface area contributed by atoms with Crippen LogP contribution in [0.1, 0.15) is 59.1 Å². The molecule has 57 heavy (non-hydrogen) atoms. The molecule has 3 heterocycles. The van der Waals surface area contributed by atoms with E-state index in [4.69, 9.17) is 27.1 Å². The van der Waals surface area contributed by atoms with Crippen molar-refractivity contribution in [3.63, 3.8) is 0 Å². The first-order chi connectivity index (χ1) is 26.8. The lowest BCUT2D eigenvalue weighted by Crippen LogP contribution is -2.39. The maximum Gasteiger partial charge on any atom is 0.293 e. The van der Waals surface area contributed by atoms with E-state index in [0.29, 0.717) is 10.7 Å². The van der Waals surface area contributed by atoms with Gasteiger partial charge in [-0.15, -0.1) is 0 Å². The van der Waals surface area contributed by atoms with Gasteiger partial charge in [-0.3, -0.25) is 23.6 Å². The van der Waals surface area contributed by atoms with Crippen LogP contribution in [0.4, 0.5) is 32.2 Å². The number of nitrogens with two attached hydrogens (primary N) is 1. The Kier molecular flexibility index (Phi) is 8.87. The molecule has 8 rings (SSSR count). The quantitative estimate of drug-likeness (QED) is 0.150. The molecule has 0 radical (unpaired) electrons. The number of hydrogen-bond donors (Lipinski definition) is 2. The monoisotopic (exact) mass is 834 g/mol. The van der Waals surface area contributed by atoms with Crippen LogP contribution in [-0.2, 0) is 34.2 Å². The molecule has 2 aliphatic carbocycles. The molecule has 6 aromatic rings. The van der Waals surface area contributed by atoms with E-state index in [0.717, 1.165) is 23.0 Å². The molecular weight excluding hydrogens is 806 g/mol. The Bertz CT molecular complexity index is 2840. The first-order valence-electron chi connectivity index (χ1n) is 17.1. The van der Waals surface area contributed by atoms with Crippen LogP contribution in [-0.4, -0.2) is 56.8 Å². The molecule has 0 saturated heterocycles. The van der Waals surface area contributed by atoms with E-state index in [2.05, 4.69) is 14.9 Å². The highest BCUT2D eigenvalue weighted by molar-refractivity contribution is 7.92. The van der Waals surface area contributed by atoms with E-state index in [1.807, 2.05) is 0 Å².